The van der Waals surface area contributed by atoms with Crippen LogP contribution in [0.5, 0.6) is 5.75 Å². The lowest BCUT2D eigenvalue weighted by Gasteiger charge is -2.25. The van der Waals surface area contributed by atoms with Crippen LogP contribution < -0.4 is 15.5 Å². The van der Waals surface area contributed by atoms with Crippen molar-refractivity contribution in [2.45, 2.75) is 25.3 Å². The first kappa shape index (κ1) is 27.0. The quantitative estimate of drug-likeness (QED) is 0.266. The Morgan fingerprint density at radius 3 is 2.27 bits per heavy atom. The van der Waals surface area contributed by atoms with Gasteiger partial charge in [0.2, 0.25) is 5.91 Å². The maximum atomic E-state index is 13.5. The number of carbonyl (C=O) groups excluding carboxylic acids is 3. The predicted octanol–water partition coefficient (Wildman–Crippen LogP) is 5.90. The summed E-state index contributed by atoms with van der Waals surface area (Å²) >= 11 is 1.54. The molecule has 0 radical (unpaired) electrons. The first-order chi connectivity index (χ1) is 19.3. The third kappa shape index (κ3) is 5.72. The minimum atomic E-state index is -1.03. The number of nitrogens with one attached hydrogen (secondary N) is 2. The first-order valence-electron chi connectivity index (χ1n) is 12.9. The summed E-state index contributed by atoms with van der Waals surface area (Å²) in [5, 5.41) is 15.4. The average Bonchev–Trinajstić information content (AvgIpc) is 3.36. The van der Waals surface area contributed by atoms with Crippen molar-refractivity contribution in [2.75, 3.05) is 16.0 Å². The van der Waals surface area contributed by atoms with Crippen LogP contribution in [0.1, 0.15) is 44.0 Å². The van der Waals surface area contributed by atoms with E-state index in [9.17, 15) is 19.5 Å². The number of aromatic hydroxyl groups is 1. The highest BCUT2D eigenvalue weighted by Gasteiger charge is 2.34. The van der Waals surface area contributed by atoms with Crippen LogP contribution in [0.4, 0.5) is 11.4 Å². The van der Waals surface area contributed by atoms with Crippen LogP contribution in [0.3, 0.4) is 0 Å². The molecule has 2 atom stereocenters. The van der Waals surface area contributed by atoms with E-state index in [4.69, 9.17) is 0 Å². The lowest BCUT2D eigenvalue weighted by Crippen LogP contribution is -2.37. The molecular weight excluding hydrogens is 522 g/mol. The Balaban J connectivity index is 1.42. The third-order valence-corrected chi connectivity index (χ3v) is 8.04. The van der Waals surface area contributed by atoms with Crippen molar-refractivity contribution >= 4 is 40.9 Å². The summed E-state index contributed by atoms with van der Waals surface area (Å²) < 4.78 is 0. The summed E-state index contributed by atoms with van der Waals surface area (Å²) in [6.45, 7) is 3.81. The number of phenolic OH excluding ortho intramolecular Hbond substituents is 1. The number of aryl methyl sites for hydroxylation is 2. The number of rotatable bonds is 7. The maximum absolute atomic E-state index is 13.5. The highest BCUT2D eigenvalue weighted by Crippen LogP contribution is 2.41. The van der Waals surface area contributed by atoms with E-state index in [1.54, 1.807) is 35.2 Å². The van der Waals surface area contributed by atoms with Crippen LogP contribution >= 0.6 is 11.8 Å². The number of hydrogen-bond donors (Lipinski definition) is 3. The molecule has 1 fully saturated rings. The van der Waals surface area contributed by atoms with Gasteiger partial charge < -0.3 is 15.7 Å². The Labute approximate surface area is 237 Å². The van der Waals surface area contributed by atoms with Gasteiger partial charge in [-0.25, -0.2) is 0 Å². The van der Waals surface area contributed by atoms with Gasteiger partial charge in [0.25, 0.3) is 11.8 Å². The SMILES string of the molecule is Cc1cccc(C)c1NC(=O)[C@H](NC(=O)c1cccc(N2C(=O)CS[C@@H]2c2ccccc2)c1)c1ccc(O)cc1. The third-order valence-electron chi connectivity index (χ3n) is 6.83. The molecular formula is C32H29N3O4S. The molecule has 8 heteroatoms. The van der Waals surface area contributed by atoms with Crippen molar-refractivity contribution in [3.8, 4) is 5.75 Å². The second kappa shape index (κ2) is 11.7. The van der Waals surface area contributed by atoms with Crippen molar-refractivity contribution in [2.24, 2.45) is 0 Å². The van der Waals surface area contributed by atoms with Crippen molar-refractivity contribution in [3.63, 3.8) is 0 Å². The summed E-state index contributed by atoms with van der Waals surface area (Å²) in [7, 11) is 0. The van der Waals surface area contributed by atoms with E-state index in [-0.39, 0.29) is 17.0 Å². The number of hydrogen-bond acceptors (Lipinski definition) is 5. The Kier molecular flexibility index (Phi) is 7.89. The van der Waals surface area contributed by atoms with Crippen LogP contribution in [-0.4, -0.2) is 28.6 Å². The second-order valence-electron chi connectivity index (χ2n) is 9.64. The Morgan fingerprint density at radius 1 is 0.900 bits per heavy atom. The molecule has 1 aliphatic rings. The predicted molar refractivity (Wildman–Crippen MR) is 158 cm³/mol. The molecule has 0 bridgehead atoms. The van der Waals surface area contributed by atoms with E-state index in [0.29, 0.717) is 28.3 Å². The lowest BCUT2D eigenvalue weighted by atomic mass is 10.0. The minimum absolute atomic E-state index is 0.0358. The molecule has 4 aromatic rings. The fourth-order valence-electron chi connectivity index (χ4n) is 4.75. The Morgan fingerprint density at radius 2 is 1.57 bits per heavy atom. The zero-order valence-electron chi connectivity index (χ0n) is 22.1. The van der Waals surface area contributed by atoms with E-state index < -0.39 is 17.9 Å². The zero-order valence-corrected chi connectivity index (χ0v) is 22.9. The molecule has 1 saturated heterocycles. The summed E-state index contributed by atoms with van der Waals surface area (Å²) in [5.74, 6) is -0.517. The Hall–Kier alpha value is -4.56. The molecule has 0 aliphatic carbocycles. The topological polar surface area (TPSA) is 98.7 Å². The van der Waals surface area contributed by atoms with Crippen LogP contribution in [0.2, 0.25) is 0 Å². The fraction of sp³-hybridized carbons (Fsp3) is 0.156. The van der Waals surface area contributed by atoms with Gasteiger partial charge in [0.1, 0.15) is 17.2 Å². The highest BCUT2D eigenvalue weighted by atomic mass is 32.2. The van der Waals surface area contributed by atoms with Gasteiger partial charge in [-0.15, -0.1) is 11.8 Å². The van der Waals surface area contributed by atoms with Crippen LogP contribution in [0, 0.1) is 13.8 Å². The molecule has 0 saturated carbocycles. The van der Waals surface area contributed by atoms with Gasteiger partial charge in [0.05, 0.1) is 5.75 Å². The molecule has 7 nitrogen and oxygen atoms in total. The minimum Gasteiger partial charge on any atom is -0.508 e. The zero-order chi connectivity index (χ0) is 28.2. The summed E-state index contributed by atoms with van der Waals surface area (Å²) in [5.41, 5.74) is 4.93. The number of amides is 3. The van der Waals surface area contributed by atoms with Gasteiger partial charge >= 0.3 is 0 Å². The lowest BCUT2D eigenvalue weighted by molar-refractivity contribution is -0.118. The molecule has 0 spiro atoms. The molecule has 0 aromatic heterocycles. The number of phenols is 1. The normalized spacial score (nSPS) is 15.5. The van der Waals surface area contributed by atoms with E-state index in [0.717, 1.165) is 16.7 Å². The van der Waals surface area contributed by atoms with Crippen molar-refractivity contribution in [1.82, 2.24) is 5.32 Å². The number of benzene rings is 4. The number of thioether (sulfide) groups is 1. The monoisotopic (exact) mass is 551 g/mol. The molecule has 40 heavy (non-hydrogen) atoms. The summed E-state index contributed by atoms with van der Waals surface area (Å²) in [6.07, 6.45) is 0. The first-order valence-corrected chi connectivity index (χ1v) is 13.9. The van der Waals surface area contributed by atoms with E-state index in [1.807, 2.05) is 68.4 Å². The van der Waals surface area contributed by atoms with Gasteiger partial charge in [0, 0.05) is 16.9 Å². The fourth-order valence-corrected chi connectivity index (χ4v) is 5.93. The van der Waals surface area contributed by atoms with E-state index in [2.05, 4.69) is 10.6 Å². The molecule has 5 rings (SSSR count). The van der Waals surface area contributed by atoms with Crippen molar-refractivity contribution in [3.05, 3.63) is 125 Å². The van der Waals surface area contributed by atoms with Gasteiger partial charge in [-0.1, -0.05) is 66.7 Å². The number of carbonyl (C=O) groups is 3. The molecule has 1 heterocycles. The molecule has 0 unspecified atom stereocenters. The maximum Gasteiger partial charge on any atom is 0.252 e. The van der Waals surface area contributed by atoms with Crippen molar-refractivity contribution in [1.29, 1.82) is 0 Å². The molecule has 3 amide bonds. The van der Waals surface area contributed by atoms with Crippen LogP contribution in [0.25, 0.3) is 0 Å². The number of anilines is 2. The number of nitrogens with zero attached hydrogens (tertiary/aromatic N) is 1. The average molecular weight is 552 g/mol. The van der Waals surface area contributed by atoms with Gasteiger partial charge in [0.15, 0.2) is 0 Å². The van der Waals surface area contributed by atoms with Crippen molar-refractivity contribution < 1.29 is 19.5 Å². The summed E-state index contributed by atoms with van der Waals surface area (Å²) in [6, 6.07) is 27.5. The largest absolute Gasteiger partial charge is 0.508 e. The van der Waals surface area contributed by atoms with Gasteiger partial charge in [-0.2, -0.15) is 0 Å². The van der Waals surface area contributed by atoms with Crippen LogP contribution in [-0.2, 0) is 9.59 Å². The smallest absolute Gasteiger partial charge is 0.252 e. The molecule has 3 N–H and O–H groups in total. The van der Waals surface area contributed by atoms with Gasteiger partial charge in [-0.3, -0.25) is 19.3 Å². The van der Waals surface area contributed by atoms with Gasteiger partial charge in [-0.05, 0) is 66.4 Å². The standard InChI is InChI=1S/C32H29N3O4S/c1-20-8-6-9-21(2)28(20)33-31(39)29(22-14-16-26(36)17-15-22)34-30(38)24-12-7-13-25(18-24)35-27(37)19-40-32(35)23-10-4-3-5-11-23/h3-18,29,32,36H,19H2,1-2H3,(H,33,39)(H,34,38)/t29-,32-/m1/s1. The highest BCUT2D eigenvalue weighted by molar-refractivity contribution is 8.00. The number of para-hydroxylation sites is 1. The summed E-state index contributed by atoms with van der Waals surface area (Å²) in [4.78, 5) is 41.7. The second-order valence-corrected chi connectivity index (χ2v) is 10.7. The van der Waals surface area contributed by atoms with E-state index >= 15 is 0 Å². The molecule has 202 valence electrons. The molecule has 4 aromatic carbocycles. The van der Waals surface area contributed by atoms with Crippen LogP contribution in [0.15, 0.2) is 97.1 Å². The Bertz CT molecular complexity index is 1540. The van der Waals surface area contributed by atoms with E-state index in [1.165, 1.54) is 23.9 Å². The molecule has 1 aliphatic heterocycles.